The van der Waals surface area contributed by atoms with Gasteiger partial charge in [-0.2, -0.15) is 0 Å². The molecule has 1 fully saturated rings. The number of anilines is 1. The summed E-state index contributed by atoms with van der Waals surface area (Å²) in [6, 6.07) is 1.75. The lowest BCUT2D eigenvalue weighted by Crippen LogP contribution is -2.53. The molecule has 0 N–H and O–H groups in total. The molecule has 7 nitrogen and oxygen atoms in total. The van der Waals surface area contributed by atoms with Crippen LogP contribution in [-0.2, 0) is 11.3 Å². The molecule has 4 heterocycles. The number of hydrogen-bond donors (Lipinski definition) is 0. The lowest BCUT2D eigenvalue weighted by atomic mass is 9.91. The highest BCUT2D eigenvalue weighted by molar-refractivity contribution is 5.85. The first-order valence-corrected chi connectivity index (χ1v) is 9.24. The Morgan fingerprint density at radius 2 is 2.04 bits per heavy atom. The van der Waals surface area contributed by atoms with E-state index in [2.05, 4.69) is 15.0 Å². The molecule has 2 aromatic heterocycles. The fraction of sp³-hybridized carbons (Fsp3) is 0.474. The zero-order valence-corrected chi connectivity index (χ0v) is 15.6. The van der Waals surface area contributed by atoms with Gasteiger partial charge in [-0.15, -0.1) is 0 Å². The zero-order valence-electron chi connectivity index (χ0n) is 15.6. The van der Waals surface area contributed by atoms with Crippen molar-refractivity contribution < 1.29 is 18.3 Å². The molecule has 2 aliphatic rings. The van der Waals surface area contributed by atoms with Crippen LogP contribution >= 0.6 is 0 Å². The van der Waals surface area contributed by atoms with Gasteiger partial charge in [0.2, 0.25) is 5.95 Å². The van der Waals surface area contributed by atoms with Crippen LogP contribution in [0.1, 0.15) is 24.1 Å². The number of rotatable bonds is 2. The highest BCUT2D eigenvalue weighted by atomic mass is 19.1. The first kappa shape index (κ1) is 18.5. The summed E-state index contributed by atoms with van der Waals surface area (Å²) in [5.41, 5.74) is -0.933. The van der Waals surface area contributed by atoms with E-state index in [1.54, 1.807) is 30.3 Å². The van der Waals surface area contributed by atoms with E-state index in [0.717, 1.165) is 11.8 Å². The Bertz CT molecular complexity index is 886. The first-order valence-electron chi connectivity index (χ1n) is 9.24. The van der Waals surface area contributed by atoms with Crippen LogP contribution in [0.4, 0.5) is 14.7 Å². The third-order valence-corrected chi connectivity index (χ3v) is 5.25. The maximum absolute atomic E-state index is 15.5. The molecule has 2 aromatic rings. The van der Waals surface area contributed by atoms with Crippen molar-refractivity contribution in [3.05, 3.63) is 41.7 Å². The Morgan fingerprint density at radius 3 is 2.79 bits per heavy atom. The predicted octanol–water partition coefficient (Wildman–Crippen LogP) is 2.05. The Balaban J connectivity index is 1.44. The monoisotopic (exact) mass is 389 g/mol. The highest BCUT2D eigenvalue weighted by Gasteiger charge is 2.45. The number of hydrogen-bond acceptors (Lipinski definition) is 6. The molecule has 1 amide bonds. The zero-order chi connectivity index (χ0) is 19.7. The van der Waals surface area contributed by atoms with Gasteiger partial charge in [-0.25, -0.2) is 18.7 Å². The molecular formula is C19H21F2N5O2. The minimum atomic E-state index is -1.95. The van der Waals surface area contributed by atoms with Gasteiger partial charge in [-0.3, -0.25) is 9.78 Å². The van der Waals surface area contributed by atoms with E-state index in [-0.39, 0.29) is 38.2 Å². The minimum Gasteiger partial charge on any atom is -0.491 e. The van der Waals surface area contributed by atoms with Crippen LogP contribution in [0.3, 0.4) is 0 Å². The van der Waals surface area contributed by atoms with Crippen LogP contribution in [0.15, 0.2) is 24.7 Å². The summed E-state index contributed by atoms with van der Waals surface area (Å²) in [6.45, 7) is 3.04. The number of aryl methyl sites for hydroxylation is 1. The van der Waals surface area contributed by atoms with E-state index >= 15 is 4.39 Å². The van der Waals surface area contributed by atoms with Crippen molar-refractivity contribution >= 4 is 11.9 Å². The fourth-order valence-electron chi connectivity index (χ4n) is 3.55. The lowest BCUT2D eigenvalue weighted by molar-refractivity contribution is -0.146. The number of amides is 1. The van der Waals surface area contributed by atoms with Crippen LogP contribution in [0, 0.1) is 12.7 Å². The van der Waals surface area contributed by atoms with Crippen molar-refractivity contribution in [3.8, 4) is 5.75 Å². The largest absolute Gasteiger partial charge is 0.491 e. The van der Waals surface area contributed by atoms with Crippen LogP contribution < -0.4 is 9.64 Å². The molecule has 28 heavy (non-hydrogen) atoms. The van der Waals surface area contributed by atoms with Crippen molar-refractivity contribution in [1.29, 1.82) is 0 Å². The highest BCUT2D eigenvalue weighted by Crippen LogP contribution is 2.32. The van der Waals surface area contributed by atoms with Gasteiger partial charge < -0.3 is 14.5 Å². The number of halogens is 2. The lowest BCUT2D eigenvalue weighted by Gasteiger charge is -2.37. The number of piperidine rings is 1. The van der Waals surface area contributed by atoms with Gasteiger partial charge in [-0.1, -0.05) is 0 Å². The molecule has 0 atom stereocenters. The normalized spacial score (nSPS) is 18.8. The standard InChI is InChI=1S/C19H21F2N5O2/c1-13-15(20)11-23-18(24-13)25-6-3-19(21,4-7-25)17(27)26-8-9-28-16-2-5-22-10-14(16)12-26/h2,5,10-11H,3-4,6-9,12H2,1H3. The van der Waals surface area contributed by atoms with Gasteiger partial charge in [0.05, 0.1) is 25.0 Å². The first-order chi connectivity index (χ1) is 13.5. The average Bonchev–Trinajstić information content (AvgIpc) is 2.92. The molecule has 0 radical (unpaired) electrons. The third kappa shape index (κ3) is 3.48. The molecule has 0 aliphatic carbocycles. The number of ether oxygens (including phenoxy) is 1. The summed E-state index contributed by atoms with van der Waals surface area (Å²) in [4.78, 5) is 28.4. The number of pyridine rings is 1. The second kappa shape index (κ2) is 7.29. The number of aromatic nitrogens is 3. The van der Waals surface area contributed by atoms with Crippen molar-refractivity contribution in [3.63, 3.8) is 0 Å². The van der Waals surface area contributed by atoms with Crippen molar-refractivity contribution in [1.82, 2.24) is 19.9 Å². The topological polar surface area (TPSA) is 71.5 Å². The van der Waals surface area contributed by atoms with Crippen molar-refractivity contribution in [2.45, 2.75) is 32.0 Å². The minimum absolute atomic E-state index is 0.0306. The summed E-state index contributed by atoms with van der Waals surface area (Å²) in [5.74, 6) is 0.0333. The predicted molar refractivity (Wildman–Crippen MR) is 97.2 cm³/mol. The molecule has 0 spiro atoms. The molecule has 2 aliphatic heterocycles. The number of fused-ring (bicyclic) bond motifs is 1. The molecule has 1 saturated heterocycles. The molecule has 0 bridgehead atoms. The Labute approximate surface area is 161 Å². The molecule has 0 saturated carbocycles. The SMILES string of the molecule is Cc1nc(N2CCC(F)(C(=O)N3CCOc4ccncc4C3)CC2)ncc1F. The molecular weight excluding hydrogens is 368 g/mol. The van der Waals surface area contributed by atoms with Crippen molar-refractivity contribution in [2.24, 2.45) is 0 Å². The van der Waals surface area contributed by atoms with Gasteiger partial charge >= 0.3 is 0 Å². The third-order valence-electron chi connectivity index (χ3n) is 5.25. The van der Waals surface area contributed by atoms with E-state index in [9.17, 15) is 9.18 Å². The smallest absolute Gasteiger partial charge is 0.260 e. The Morgan fingerprint density at radius 1 is 1.25 bits per heavy atom. The summed E-state index contributed by atoms with van der Waals surface area (Å²) in [5, 5.41) is 0. The summed E-state index contributed by atoms with van der Waals surface area (Å²) in [7, 11) is 0. The summed E-state index contributed by atoms with van der Waals surface area (Å²) >= 11 is 0. The number of carbonyl (C=O) groups excluding carboxylic acids is 1. The van der Waals surface area contributed by atoms with Gasteiger partial charge in [0.25, 0.3) is 5.91 Å². The second-order valence-electron chi connectivity index (χ2n) is 7.11. The molecule has 148 valence electrons. The van der Waals surface area contributed by atoms with Crippen molar-refractivity contribution in [2.75, 3.05) is 31.1 Å². The van der Waals surface area contributed by atoms with Gasteiger partial charge in [0.1, 0.15) is 12.4 Å². The Hall–Kier alpha value is -2.84. The fourth-order valence-corrected chi connectivity index (χ4v) is 3.55. The molecule has 0 aromatic carbocycles. The van der Waals surface area contributed by atoms with Crippen LogP contribution in [0.5, 0.6) is 5.75 Å². The van der Waals surface area contributed by atoms with E-state index < -0.39 is 17.4 Å². The van der Waals surface area contributed by atoms with Crippen LogP contribution in [0.25, 0.3) is 0 Å². The number of carbonyl (C=O) groups is 1. The molecule has 0 unspecified atom stereocenters. The molecule has 4 rings (SSSR count). The quantitative estimate of drug-likeness (QED) is 0.783. The number of alkyl halides is 1. The van der Waals surface area contributed by atoms with Gasteiger partial charge in [-0.05, 0) is 13.0 Å². The van der Waals surface area contributed by atoms with E-state index in [1.807, 2.05) is 0 Å². The van der Waals surface area contributed by atoms with E-state index in [0.29, 0.717) is 24.8 Å². The van der Waals surface area contributed by atoms with Crippen LogP contribution in [0.2, 0.25) is 0 Å². The average molecular weight is 389 g/mol. The second-order valence-corrected chi connectivity index (χ2v) is 7.11. The summed E-state index contributed by atoms with van der Waals surface area (Å²) in [6.07, 6.45) is 4.44. The number of nitrogens with zero attached hydrogens (tertiary/aromatic N) is 5. The summed E-state index contributed by atoms with van der Waals surface area (Å²) < 4.78 is 34.5. The maximum atomic E-state index is 15.5. The van der Waals surface area contributed by atoms with Gasteiger partial charge in [0, 0.05) is 43.9 Å². The van der Waals surface area contributed by atoms with Crippen LogP contribution in [-0.4, -0.2) is 57.7 Å². The van der Waals surface area contributed by atoms with Gasteiger partial charge in [0.15, 0.2) is 11.5 Å². The Kier molecular flexibility index (Phi) is 4.82. The van der Waals surface area contributed by atoms with E-state index in [4.69, 9.17) is 4.74 Å². The molecule has 9 heteroatoms. The van der Waals surface area contributed by atoms with E-state index in [1.165, 1.54) is 4.90 Å². The maximum Gasteiger partial charge on any atom is 0.260 e.